The lowest BCUT2D eigenvalue weighted by Crippen LogP contribution is -2.35. The monoisotopic (exact) mass is 464 g/mol. The zero-order valence-electron chi connectivity index (χ0n) is 16.1. The van der Waals surface area contributed by atoms with Crippen LogP contribution in [0.2, 0.25) is 0 Å². The number of fused-ring (bicyclic) bond motifs is 1. The molecule has 0 aliphatic carbocycles. The quantitative estimate of drug-likeness (QED) is 0.621. The second-order valence-electron chi connectivity index (χ2n) is 7.04. The Kier molecular flexibility index (Phi) is 5.44. The highest BCUT2D eigenvalue weighted by Crippen LogP contribution is 2.34. The van der Waals surface area contributed by atoms with Gasteiger partial charge in [-0.2, -0.15) is 0 Å². The normalized spacial score (nSPS) is 14.2. The second-order valence-corrected chi connectivity index (χ2v) is 10.6. The minimum absolute atomic E-state index is 0.0251. The first-order valence-electron chi connectivity index (χ1n) is 9.36. The SMILES string of the molecule is O=S(=O)(Nc1ccc2c(c1)CCCN2S(=O)(=O)c1ccc(F)cc1)c1ccc(F)cc1. The molecular formula is C21H18F2N2O4S2. The maximum atomic E-state index is 13.2. The van der Waals surface area contributed by atoms with Gasteiger partial charge in [-0.25, -0.2) is 25.6 Å². The maximum absolute atomic E-state index is 13.2. The molecule has 0 radical (unpaired) electrons. The van der Waals surface area contributed by atoms with Crippen LogP contribution >= 0.6 is 0 Å². The van der Waals surface area contributed by atoms with E-state index < -0.39 is 31.7 Å². The van der Waals surface area contributed by atoms with Crippen molar-refractivity contribution >= 4 is 31.4 Å². The molecule has 1 aliphatic rings. The molecule has 6 nitrogen and oxygen atoms in total. The summed E-state index contributed by atoms with van der Waals surface area (Å²) in [6.07, 6.45) is 1.11. The zero-order valence-corrected chi connectivity index (χ0v) is 17.8. The molecule has 0 saturated heterocycles. The Bertz CT molecular complexity index is 1320. The summed E-state index contributed by atoms with van der Waals surface area (Å²) in [6.45, 7) is 0.257. The third-order valence-corrected chi connectivity index (χ3v) is 8.16. The number of sulfonamides is 2. The van der Waals surface area contributed by atoms with Gasteiger partial charge in [0.1, 0.15) is 11.6 Å². The third kappa shape index (κ3) is 4.26. The van der Waals surface area contributed by atoms with E-state index >= 15 is 0 Å². The minimum atomic E-state index is -3.93. The van der Waals surface area contributed by atoms with Crippen LogP contribution in [0.25, 0.3) is 0 Å². The van der Waals surface area contributed by atoms with Crippen LogP contribution in [0.4, 0.5) is 20.2 Å². The van der Waals surface area contributed by atoms with Crippen LogP contribution in [-0.4, -0.2) is 23.4 Å². The lowest BCUT2D eigenvalue weighted by Gasteiger charge is -2.31. The molecule has 0 atom stereocenters. The van der Waals surface area contributed by atoms with Crippen LogP contribution < -0.4 is 9.03 Å². The largest absolute Gasteiger partial charge is 0.280 e. The third-order valence-electron chi connectivity index (χ3n) is 4.93. The number of nitrogens with zero attached hydrogens (tertiary/aromatic N) is 1. The van der Waals surface area contributed by atoms with Gasteiger partial charge in [0.2, 0.25) is 0 Å². The fourth-order valence-electron chi connectivity index (χ4n) is 3.44. The van der Waals surface area contributed by atoms with Gasteiger partial charge in [-0.15, -0.1) is 0 Å². The molecule has 162 valence electrons. The number of hydrogen-bond donors (Lipinski definition) is 1. The fraction of sp³-hybridized carbons (Fsp3) is 0.143. The highest BCUT2D eigenvalue weighted by Gasteiger charge is 2.29. The lowest BCUT2D eigenvalue weighted by molar-refractivity contribution is 0.585. The van der Waals surface area contributed by atoms with Gasteiger partial charge in [0.15, 0.2) is 0 Å². The van der Waals surface area contributed by atoms with Gasteiger partial charge in [0, 0.05) is 12.2 Å². The van der Waals surface area contributed by atoms with Gasteiger partial charge in [0.05, 0.1) is 15.5 Å². The number of rotatable bonds is 5. The van der Waals surface area contributed by atoms with Crippen LogP contribution in [0.5, 0.6) is 0 Å². The van der Waals surface area contributed by atoms with E-state index in [1.807, 2.05) is 0 Å². The van der Waals surface area contributed by atoms with E-state index in [1.54, 1.807) is 6.07 Å². The molecule has 31 heavy (non-hydrogen) atoms. The molecule has 3 aromatic carbocycles. The highest BCUT2D eigenvalue weighted by atomic mass is 32.2. The summed E-state index contributed by atoms with van der Waals surface area (Å²) >= 11 is 0. The zero-order chi connectivity index (χ0) is 22.2. The van der Waals surface area contributed by atoms with Crippen LogP contribution in [0.15, 0.2) is 76.5 Å². The molecule has 0 aromatic heterocycles. The summed E-state index contributed by atoms with van der Waals surface area (Å²) in [7, 11) is -7.82. The predicted molar refractivity (Wildman–Crippen MR) is 113 cm³/mol. The van der Waals surface area contributed by atoms with Gasteiger partial charge in [0.25, 0.3) is 20.0 Å². The average molecular weight is 465 g/mol. The van der Waals surface area contributed by atoms with Crippen LogP contribution in [0.1, 0.15) is 12.0 Å². The molecule has 1 aliphatic heterocycles. The van der Waals surface area contributed by atoms with E-state index in [0.717, 1.165) is 36.4 Å². The van der Waals surface area contributed by atoms with Crippen molar-refractivity contribution in [3.8, 4) is 0 Å². The number of benzene rings is 3. The van der Waals surface area contributed by atoms with Crippen molar-refractivity contribution in [2.75, 3.05) is 15.6 Å². The number of hydrogen-bond acceptors (Lipinski definition) is 4. The Labute approximate surface area is 179 Å². The Morgan fingerprint density at radius 2 is 1.35 bits per heavy atom. The fourth-order valence-corrected chi connectivity index (χ4v) is 6.03. The highest BCUT2D eigenvalue weighted by molar-refractivity contribution is 7.93. The lowest BCUT2D eigenvalue weighted by atomic mass is 10.0. The first-order chi connectivity index (χ1) is 14.7. The van der Waals surface area contributed by atoms with Gasteiger partial charge < -0.3 is 0 Å². The Morgan fingerprint density at radius 3 is 1.97 bits per heavy atom. The van der Waals surface area contributed by atoms with E-state index in [4.69, 9.17) is 0 Å². The summed E-state index contributed by atoms with van der Waals surface area (Å²) in [6, 6.07) is 13.6. The van der Waals surface area contributed by atoms with Crippen LogP contribution in [-0.2, 0) is 26.5 Å². The standard InChI is InChI=1S/C21H18F2N2O4S2/c22-16-3-8-19(9-4-16)30(26,27)24-18-7-12-21-15(14-18)2-1-13-25(21)31(28,29)20-10-5-17(23)6-11-20/h3-12,14,24H,1-2,13H2. The van der Waals surface area contributed by atoms with E-state index in [2.05, 4.69) is 4.72 Å². The summed E-state index contributed by atoms with van der Waals surface area (Å²) < 4.78 is 81.1. The first kappa shape index (κ1) is 21.3. The summed E-state index contributed by atoms with van der Waals surface area (Å²) in [5.41, 5.74) is 1.38. The Hall–Kier alpha value is -2.98. The van der Waals surface area contributed by atoms with E-state index in [9.17, 15) is 25.6 Å². The van der Waals surface area contributed by atoms with Crippen molar-refractivity contribution < 1.29 is 25.6 Å². The maximum Gasteiger partial charge on any atom is 0.264 e. The van der Waals surface area contributed by atoms with E-state index in [1.165, 1.54) is 28.6 Å². The molecule has 3 aromatic rings. The molecule has 0 bridgehead atoms. The molecule has 0 unspecified atom stereocenters. The van der Waals surface area contributed by atoms with Crippen molar-refractivity contribution in [2.24, 2.45) is 0 Å². The number of aryl methyl sites for hydroxylation is 1. The molecule has 0 fully saturated rings. The topological polar surface area (TPSA) is 83.6 Å². The number of anilines is 2. The summed E-state index contributed by atoms with van der Waals surface area (Å²) in [5.74, 6) is -1.08. The number of halogens is 2. The average Bonchev–Trinajstić information content (AvgIpc) is 2.73. The van der Waals surface area contributed by atoms with Crippen molar-refractivity contribution in [3.63, 3.8) is 0 Å². The Morgan fingerprint density at radius 1 is 0.774 bits per heavy atom. The molecule has 0 spiro atoms. The van der Waals surface area contributed by atoms with Crippen molar-refractivity contribution in [1.82, 2.24) is 0 Å². The molecular weight excluding hydrogens is 446 g/mol. The van der Waals surface area contributed by atoms with Gasteiger partial charge in [-0.3, -0.25) is 9.03 Å². The predicted octanol–water partition coefficient (Wildman–Crippen LogP) is 3.91. The van der Waals surface area contributed by atoms with Gasteiger partial charge in [-0.1, -0.05) is 0 Å². The molecule has 4 rings (SSSR count). The van der Waals surface area contributed by atoms with Gasteiger partial charge in [-0.05, 0) is 85.1 Å². The molecule has 1 heterocycles. The van der Waals surface area contributed by atoms with Gasteiger partial charge >= 0.3 is 0 Å². The molecule has 1 N–H and O–H groups in total. The number of nitrogens with one attached hydrogen (secondary N) is 1. The van der Waals surface area contributed by atoms with Crippen molar-refractivity contribution in [2.45, 2.75) is 22.6 Å². The Balaban J connectivity index is 1.64. The second kappa shape index (κ2) is 7.93. The van der Waals surface area contributed by atoms with Crippen LogP contribution in [0, 0.1) is 11.6 Å². The molecule has 0 saturated carbocycles. The molecule has 0 amide bonds. The van der Waals surface area contributed by atoms with E-state index in [-0.39, 0.29) is 22.0 Å². The van der Waals surface area contributed by atoms with E-state index in [0.29, 0.717) is 24.1 Å². The van der Waals surface area contributed by atoms with Crippen molar-refractivity contribution in [3.05, 3.63) is 83.9 Å². The van der Waals surface area contributed by atoms with Crippen LogP contribution in [0.3, 0.4) is 0 Å². The summed E-state index contributed by atoms with van der Waals surface area (Å²) in [5, 5.41) is 0. The smallest absolute Gasteiger partial charge is 0.264 e. The molecule has 10 heteroatoms. The summed E-state index contributed by atoms with van der Waals surface area (Å²) in [4.78, 5) is -0.116. The first-order valence-corrected chi connectivity index (χ1v) is 12.3. The minimum Gasteiger partial charge on any atom is -0.280 e. The van der Waals surface area contributed by atoms with Crippen molar-refractivity contribution in [1.29, 1.82) is 0 Å².